The molecule has 0 amide bonds. The number of amidine groups is 1. The Balaban J connectivity index is 2.53. The van der Waals surface area contributed by atoms with Gasteiger partial charge in [0.15, 0.2) is 5.58 Å². The molecule has 14 heavy (non-hydrogen) atoms. The van der Waals surface area contributed by atoms with Crippen LogP contribution >= 0.6 is 11.6 Å². The van der Waals surface area contributed by atoms with Crippen molar-refractivity contribution in [2.75, 3.05) is 0 Å². The maximum absolute atomic E-state index is 7.17. The number of hydrogen-bond donors (Lipinski definition) is 2. The van der Waals surface area contributed by atoms with Crippen LogP contribution in [0.25, 0.3) is 11.0 Å². The maximum atomic E-state index is 7.17. The first kappa shape index (κ1) is 9.02. The number of nitrogens with one attached hydrogen (secondary N) is 1. The molecule has 5 heteroatoms. The van der Waals surface area contributed by atoms with Gasteiger partial charge in [-0.05, 0) is 17.7 Å². The minimum atomic E-state index is 0.108. The van der Waals surface area contributed by atoms with Gasteiger partial charge in [-0.2, -0.15) is 0 Å². The second-order valence-electron chi connectivity index (χ2n) is 3.02. The molecule has 0 aliphatic heterocycles. The van der Waals surface area contributed by atoms with Gasteiger partial charge in [-0.1, -0.05) is 16.8 Å². The maximum Gasteiger partial charge on any atom is 0.185 e. The Kier molecular flexibility index (Phi) is 2.13. The van der Waals surface area contributed by atoms with Crippen LogP contribution in [0.2, 0.25) is 5.02 Å². The highest BCUT2D eigenvalue weighted by Gasteiger charge is 2.06. The fourth-order valence-electron chi connectivity index (χ4n) is 1.32. The minimum absolute atomic E-state index is 0.108. The summed E-state index contributed by atoms with van der Waals surface area (Å²) in [7, 11) is 0. The van der Waals surface area contributed by atoms with Crippen LogP contribution in [0.5, 0.6) is 0 Å². The molecule has 1 heterocycles. The Morgan fingerprint density at radius 1 is 1.57 bits per heavy atom. The molecule has 0 saturated heterocycles. The van der Waals surface area contributed by atoms with Gasteiger partial charge in [-0.15, -0.1) is 0 Å². The van der Waals surface area contributed by atoms with Gasteiger partial charge in [-0.25, -0.2) is 0 Å². The van der Waals surface area contributed by atoms with E-state index in [4.69, 9.17) is 27.3 Å². The van der Waals surface area contributed by atoms with Gasteiger partial charge in [0, 0.05) is 11.8 Å². The molecule has 0 aliphatic rings. The van der Waals surface area contributed by atoms with E-state index >= 15 is 0 Å². The molecule has 4 nitrogen and oxygen atoms in total. The first-order valence-corrected chi connectivity index (χ1v) is 4.40. The SMILES string of the molecule is N=C(N)Cc1cc(Cl)c2oncc2c1. The van der Waals surface area contributed by atoms with E-state index < -0.39 is 0 Å². The predicted octanol–water partition coefficient (Wildman–Crippen LogP) is 1.96. The number of rotatable bonds is 2. The first-order chi connectivity index (χ1) is 6.66. The lowest BCUT2D eigenvalue weighted by atomic mass is 10.1. The average Bonchev–Trinajstić information content (AvgIpc) is 2.50. The predicted molar refractivity (Wildman–Crippen MR) is 54.6 cm³/mol. The van der Waals surface area contributed by atoms with E-state index in [9.17, 15) is 0 Å². The van der Waals surface area contributed by atoms with E-state index in [2.05, 4.69) is 5.16 Å². The summed E-state index contributed by atoms with van der Waals surface area (Å²) >= 11 is 5.94. The summed E-state index contributed by atoms with van der Waals surface area (Å²) in [6, 6.07) is 3.59. The normalized spacial score (nSPS) is 10.6. The number of benzene rings is 1. The summed E-state index contributed by atoms with van der Waals surface area (Å²) in [5.74, 6) is 0.108. The van der Waals surface area contributed by atoms with Crippen LogP contribution in [0.4, 0.5) is 0 Å². The van der Waals surface area contributed by atoms with Crippen LogP contribution < -0.4 is 5.73 Å². The van der Waals surface area contributed by atoms with Crippen molar-refractivity contribution in [3.8, 4) is 0 Å². The van der Waals surface area contributed by atoms with Crippen molar-refractivity contribution in [3.63, 3.8) is 0 Å². The summed E-state index contributed by atoms with van der Waals surface area (Å²) in [5.41, 5.74) is 6.75. The van der Waals surface area contributed by atoms with Crippen LogP contribution in [-0.4, -0.2) is 11.0 Å². The van der Waals surface area contributed by atoms with Crippen molar-refractivity contribution >= 4 is 28.4 Å². The number of aromatic nitrogens is 1. The first-order valence-electron chi connectivity index (χ1n) is 4.02. The summed E-state index contributed by atoms with van der Waals surface area (Å²) in [6.07, 6.45) is 1.98. The third-order valence-corrected chi connectivity index (χ3v) is 2.14. The number of nitrogens with zero attached hydrogens (tertiary/aromatic N) is 1. The van der Waals surface area contributed by atoms with Crippen molar-refractivity contribution in [1.29, 1.82) is 5.41 Å². The summed E-state index contributed by atoms with van der Waals surface area (Å²) in [4.78, 5) is 0. The van der Waals surface area contributed by atoms with Crippen LogP contribution in [0.3, 0.4) is 0 Å². The Morgan fingerprint density at radius 3 is 3.07 bits per heavy atom. The molecule has 0 bridgehead atoms. The van der Waals surface area contributed by atoms with Crippen LogP contribution in [-0.2, 0) is 6.42 Å². The molecule has 1 aromatic carbocycles. The lowest BCUT2D eigenvalue weighted by Crippen LogP contribution is -2.12. The molecule has 0 fully saturated rings. The molecule has 0 saturated carbocycles. The van der Waals surface area contributed by atoms with Gasteiger partial charge in [0.25, 0.3) is 0 Å². The Labute approximate surface area is 85.1 Å². The number of hydrogen-bond acceptors (Lipinski definition) is 3. The number of fused-ring (bicyclic) bond motifs is 1. The quantitative estimate of drug-likeness (QED) is 0.586. The highest BCUT2D eigenvalue weighted by molar-refractivity contribution is 6.34. The fraction of sp³-hybridized carbons (Fsp3) is 0.111. The molecular formula is C9H8ClN3O. The van der Waals surface area contributed by atoms with E-state index in [1.807, 2.05) is 6.07 Å². The Bertz CT molecular complexity index is 492. The van der Waals surface area contributed by atoms with Crippen molar-refractivity contribution in [1.82, 2.24) is 5.16 Å². The van der Waals surface area contributed by atoms with Gasteiger partial charge >= 0.3 is 0 Å². The van der Waals surface area contributed by atoms with Crippen LogP contribution in [0, 0.1) is 5.41 Å². The molecule has 0 spiro atoms. The average molecular weight is 210 g/mol. The van der Waals surface area contributed by atoms with Gasteiger partial charge in [0.1, 0.15) is 0 Å². The van der Waals surface area contributed by atoms with E-state index in [0.717, 1.165) is 10.9 Å². The van der Waals surface area contributed by atoms with Crippen LogP contribution in [0.1, 0.15) is 5.56 Å². The molecule has 2 rings (SSSR count). The van der Waals surface area contributed by atoms with E-state index in [1.165, 1.54) is 0 Å². The zero-order chi connectivity index (χ0) is 10.1. The van der Waals surface area contributed by atoms with Gasteiger partial charge in [-0.3, -0.25) is 5.41 Å². The van der Waals surface area contributed by atoms with Gasteiger partial charge in [0.05, 0.1) is 17.1 Å². The highest BCUT2D eigenvalue weighted by atomic mass is 35.5. The second kappa shape index (κ2) is 3.31. The second-order valence-corrected chi connectivity index (χ2v) is 3.43. The van der Waals surface area contributed by atoms with Gasteiger partial charge in [0.2, 0.25) is 0 Å². The third-order valence-electron chi connectivity index (χ3n) is 1.86. The van der Waals surface area contributed by atoms with Crippen molar-refractivity contribution < 1.29 is 4.52 Å². The number of nitrogens with two attached hydrogens (primary N) is 1. The molecule has 0 radical (unpaired) electrons. The smallest absolute Gasteiger partial charge is 0.185 e. The van der Waals surface area contributed by atoms with Crippen molar-refractivity contribution in [2.24, 2.45) is 5.73 Å². The summed E-state index contributed by atoms with van der Waals surface area (Å²) in [6.45, 7) is 0. The summed E-state index contributed by atoms with van der Waals surface area (Å²) in [5, 5.41) is 12.1. The zero-order valence-corrected chi connectivity index (χ0v) is 8.01. The van der Waals surface area contributed by atoms with Crippen molar-refractivity contribution in [2.45, 2.75) is 6.42 Å². The van der Waals surface area contributed by atoms with Crippen LogP contribution in [0.15, 0.2) is 22.9 Å². The summed E-state index contributed by atoms with van der Waals surface area (Å²) < 4.78 is 4.94. The Morgan fingerprint density at radius 2 is 2.36 bits per heavy atom. The lowest BCUT2D eigenvalue weighted by molar-refractivity contribution is 0.456. The topological polar surface area (TPSA) is 75.9 Å². The fourth-order valence-corrected chi connectivity index (χ4v) is 1.61. The standard InChI is InChI=1S/C9H8ClN3O/c10-7-2-5(3-8(11)12)1-6-4-13-14-9(6)7/h1-2,4H,3H2,(H3,11,12). The molecule has 0 aliphatic carbocycles. The molecule has 3 N–H and O–H groups in total. The van der Waals surface area contributed by atoms with E-state index in [1.54, 1.807) is 12.3 Å². The molecule has 0 unspecified atom stereocenters. The number of halogens is 1. The van der Waals surface area contributed by atoms with E-state index in [0.29, 0.717) is 17.0 Å². The minimum Gasteiger partial charge on any atom is -0.387 e. The molecule has 1 aromatic heterocycles. The van der Waals surface area contributed by atoms with Crippen molar-refractivity contribution in [3.05, 3.63) is 28.9 Å². The highest BCUT2D eigenvalue weighted by Crippen LogP contribution is 2.25. The molecular weight excluding hydrogens is 202 g/mol. The largest absolute Gasteiger partial charge is 0.387 e. The zero-order valence-electron chi connectivity index (χ0n) is 7.25. The lowest BCUT2D eigenvalue weighted by Gasteiger charge is -2.00. The molecule has 2 aromatic rings. The third kappa shape index (κ3) is 1.56. The molecule has 0 atom stereocenters. The Hall–Kier alpha value is -1.55. The van der Waals surface area contributed by atoms with Gasteiger partial charge < -0.3 is 10.3 Å². The van der Waals surface area contributed by atoms with E-state index in [-0.39, 0.29) is 5.84 Å². The monoisotopic (exact) mass is 209 g/mol. The molecule has 72 valence electrons.